The van der Waals surface area contributed by atoms with Crippen LogP contribution in [0.25, 0.3) is 0 Å². The maximum absolute atomic E-state index is 4.29. The number of aryl methyl sites for hydroxylation is 1. The molecule has 2 heterocycles. The van der Waals surface area contributed by atoms with E-state index < -0.39 is 0 Å². The molecule has 0 aromatic carbocycles. The molecular weight excluding hydrogens is 399 g/mol. The van der Waals surface area contributed by atoms with Gasteiger partial charge < -0.3 is 10.2 Å². The van der Waals surface area contributed by atoms with E-state index in [-0.39, 0.29) is 24.0 Å². The highest BCUT2D eigenvalue weighted by Gasteiger charge is 2.08. The van der Waals surface area contributed by atoms with Crippen molar-refractivity contribution >= 4 is 41.3 Å². The van der Waals surface area contributed by atoms with Crippen LogP contribution in [-0.2, 0) is 20.0 Å². The number of thiophene rings is 1. The van der Waals surface area contributed by atoms with Crippen LogP contribution in [0.15, 0.2) is 28.8 Å². The molecule has 0 fully saturated rings. The van der Waals surface area contributed by atoms with Crippen LogP contribution in [0.2, 0.25) is 0 Å². The van der Waals surface area contributed by atoms with Crippen molar-refractivity contribution in [3.05, 3.63) is 34.5 Å². The maximum atomic E-state index is 4.29. The first kappa shape index (κ1) is 17.9. The molecule has 0 unspecified atom stereocenters. The highest BCUT2D eigenvalue weighted by atomic mass is 127. The number of guanidine groups is 1. The molecule has 8 heteroatoms. The Morgan fingerprint density at radius 2 is 2.33 bits per heavy atom. The molecule has 2 rings (SSSR count). The number of aromatic nitrogens is 3. The number of hydrogen-bond donors (Lipinski definition) is 1. The van der Waals surface area contributed by atoms with Gasteiger partial charge in [-0.15, -0.1) is 35.3 Å². The van der Waals surface area contributed by atoms with Gasteiger partial charge in [-0.1, -0.05) is 6.07 Å². The first-order valence-electron chi connectivity index (χ1n) is 6.47. The number of likely N-dealkylation sites (N-methyl/N-ethyl adjacent to an activating group) is 1. The third kappa shape index (κ3) is 5.27. The SMILES string of the molecule is CN=C(NCc1ncnn1C)N(C)CCc1cccs1.I. The highest BCUT2D eigenvalue weighted by molar-refractivity contribution is 14.0. The van der Waals surface area contributed by atoms with Gasteiger partial charge >= 0.3 is 0 Å². The van der Waals surface area contributed by atoms with E-state index in [1.807, 2.05) is 14.1 Å². The third-order valence-electron chi connectivity index (χ3n) is 3.06. The van der Waals surface area contributed by atoms with Crippen LogP contribution in [0, 0.1) is 0 Å². The molecule has 0 bridgehead atoms. The molecule has 2 aromatic rings. The predicted molar refractivity (Wildman–Crippen MR) is 97.3 cm³/mol. The van der Waals surface area contributed by atoms with E-state index in [2.05, 4.69) is 42.8 Å². The van der Waals surface area contributed by atoms with Crippen molar-refractivity contribution in [3.8, 4) is 0 Å². The van der Waals surface area contributed by atoms with Crippen LogP contribution >= 0.6 is 35.3 Å². The van der Waals surface area contributed by atoms with Gasteiger partial charge in [0.05, 0.1) is 6.54 Å². The molecule has 6 nitrogen and oxygen atoms in total. The number of hydrogen-bond acceptors (Lipinski definition) is 4. The average molecular weight is 420 g/mol. The van der Waals surface area contributed by atoms with Gasteiger partial charge in [-0.25, -0.2) is 4.98 Å². The molecule has 116 valence electrons. The molecular formula is C13H21IN6S. The van der Waals surface area contributed by atoms with Crippen LogP contribution in [0.5, 0.6) is 0 Å². The van der Waals surface area contributed by atoms with Crippen LogP contribution < -0.4 is 5.32 Å². The Balaban J connectivity index is 0.00000220. The molecule has 0 aliphatic carbocycles. The fourth-order valence-electron chi connectivity index (χ4n) is 1.86. The fourth-order valence-corrected chi connectivity index (χ4v) is 2.56. The minimum Gasteiger partial charge on any atom is -0.349 e. The molecule has 0 saturated carbocycles. The molecule has 0 amide bonds. The molecule has 0 radical (unpaired) electrons. The third-order valence-corrected chi connectivity index (χ3v) is 3.99. The number of nitrogens with zero attached hydrogens (tertiary/aromatic N) is 5. The second-order valence-electron chi connectivity index (χ2n) is 4.45. The second-order valence-corrected chi connectivity index (χ2v) is 5.48. The monoisotopic (exact) mass is 420 g/mol. The summed E-state index contributed by atoms with van der Waals surface area (Å²) >= 11 is 1.79. The van der Waals surface area contributed by atoms with E-state index in [1.54, 1.807) is 29.4 Å². The summed E-state index contributed by atoms with van der Waals surface area (Å²) in [5.74, 6) is 1.75. The largest absolute Gasteiger partial charge is 0.349 e. The highest BCUT2D eigenvalue weighted by Crippen LogP contribution is 2.09. The van der Waals surface area contributed by atoms with E-state index >= 15 is 0 Å². The zero-order valence-corrected chi connectivity index (χ0v) is 15.6. The van der Waals surface area contributed by atoms with Crippen LogP contribution in [-0.4, -0.2) is 46.3 Å². The van der Waals surface area contributed by atoms with Crippen molar-refractivity contribution in [3.63, 3.8) is 0 Å². The molecule has 1 N–H and O–H groups in total. The maximum Gasteiger partial charge on any atom is 0.193 e. The fraction of sp³-hybridized carbons (Fsp3) is 0.462. The second kappa shape index (κ2) is 8.98. The minimum atomic E-state index is 0. The molecule has 0 aliphatic rings. The number of nitrogens with one attached hydrogen (secondary N) is 1. The van der Waals surface area contributed by atoms with Crippen molar-refractivity contribution in [2.45, 2.75) is 13.0 Å². The van der Waals surface area contributed by atoms with Crippen LogP contribution in [0.4, 0.5) is 0 Å². The van der Waals surface area contributed by atoms with E-state index in [0.29, 0.717) is 6.54 Å². The molecule has 0 atom stereocenters. The Labute approximate surface area is 146 Å². The van der Waals surface area contributed by atoms with E-state index in [1.165, 1.54) is 4.88 Å². The Morgan fingerprint density at radius 1 is 1.52 bits per heavy atom. The molecule has 0 aliphatic heterocycles. The molecule has 0 spiro atoms. The predicted octanol–water partition coefficient (Wildman–Crippen LogP) is 1.74. The Kier molecular flexibility index (Phi) is 7.65. The van der Waals surface area contributed by atoms with Gasteiger partial charge in [-0.2, -0.15) is 5.10 Å². The van der Waals surface area contributed by atoms with Gasteiger partial charge in [0.1, 0.15) is 12.2 Å². The normalized spacial score (nSPS) is 11.1. The first-order valence-corrected chi connectivity index (χ1v) is 7.35. The van der Waals surface area contributed by atoms with Crippen molar-refractivity contribution in [1.82, 2.24) is 25.0 Å². The summed E-state index contributed by atoms with van der Waals surface area (Å²) in [5, 5.41) is 9.45. The van der Waals surface area contributed by atoms with Gasteiger partial charge in [-0.3, -0.25) is 9.67 Å². The number of halogens is 1. The van der Waals surface area contributed by atoms with E-state index in [9.17, 15) is 0 Å². The Hall–Kier alpha value is -1.16. The molecule has 0 saturated heterocycles. The van der Waals surface area contributed by atoms with Crippen molar-refractivity contribution < 1.29 is 0 Å². The van der Waals surface area contributed by atoms with Crippen molar-refractivity contribution in [2.75, 3.05) is 20.6 Å². The van der Waals surface area contributed by atoms with E-state index in [4.69, 9.17) is 0 Å². The summed E-state index contributed by atoms with van der Waals surface area (Å²) < 4.78 is 1.76. The van der Waals surface area contributed by atoms with Gasteiger partial charge in [0, 0.05) is 32.6 Å². The standard InChI is InChI=1S/C13H20N6S.HI/c1-14-13(15-9-12-16-10-17-19(12)3)18(2)7-6-11-5-4-8-20-11;/h4-5,8,10H,6-7,9H2,1-3H3,(H,14,15);1H. The lowest BCUT2D eigenvalue weighted by Crippen LogP contribution is -2.39. The summed E-state index contributed by atoms with van der Waals surface area (Å²) in [6.07, 6.45) is 2.58. The van der Waals surface area contributed by atoms with Gasteiger partial charge in [0.25, 0.3) is 0 Å². The quantitative estimate of drug-likeness (QED) is 0.455. The Morgan fingerprint density at radius 3 is 2.90 bits per heavy atom. The van der Waals surface area contributed by atoms with Crippen molar-refractivity contribution in [1.29, 1.82) is 0 Å². The lowest BCUT2D eigenvalue weighted by molar-refractivity contribution is 0.483. The molecule has 2 aromatic heterocycles. The summed E-state index contributed by atoms with van der Waals surface area (Å²) in [7, 11) is 5.72. The number of rotatable bonds is 5. The Bertz CT molecular complexity index is 551. The topological polar surface area (TPSA) is 58.3 Å². The van der Waals surface area contributed by atoms with Crippen LogP contribution in [0.3, 0.4) is 0 Å². The average Bonchev–Trinajstić information content (AvgIpc) is 3.09. The summed E-state index contributed by atoms with van der Waals surface area (Å²) in [5.41, 5.74) is 0. The van der Waals surface area contributed by atoms with Gasteiger partial charge in [-0.05, 0) is 17.9 Å². The number of aliphatic imine (C=N–C) groups is 1. The van der Waals surface area contributed by atoms with Gasteiger partial charge in [0.15, 0.2) is 5.96 Å². The summed E-state index contributed by atoms with van der Waals surface area (Å²) in [6, 6.07) is 4.25. The van der Waals surface area contributed by atoms with E-state index in [0.717, 1.165) is 24.7 Å². The van der Waals surface area contributed by atoms with Gasteiger partial charge in [0.2, 0.25) is 0 Å². The lowest BCUT2D eigenvalue weighted by atomic mass is 10.3. The smallest absolute Gasteiger partial charge is 0.193 e. The van der Waals surface area contributed by atoms with Crippen molar-refractivity contribution in [2.24, 2.45) is 12.0 Å². The molecule has 21 heavy (non-hydrogen) atoms. The first-order chi connectivity index (χ1) is 9.70. The minimum absolute atomic E-state index is 0. The summed E-state index contributed by atoms with van der Waals surface area (Å²) in [6.45, 7) is 1.55. The zero-order valence-electron chi connectivity index (χ0n) is 12.5. The van der Waals surface area contributed by atoms with Crippen LogP contribution in [0.1, 0.15) is 10.7 Å². The lowest BCUT2D eigenvalue weighted by Gasteiger charge is -2.21. The summed E-state index contributed by atoms with van der Waals surface area (Å²) in [4.78, 5) is 12.0. The zero-order chi connectivity index (χ0) is 14.4.